The fourth-order valence-electron chi connectivity index (χ4n) is 2.51. The highest BCUT2D eigenvalue weighted by atomic mass is 19.2. The van der Waals surface area contributed by atoms with Crippen LogP contribution in [0.25, 0.3) is 0 Å². The van der Waals surface area contributed by atoms with E-state index in [9.17, 15) is 13.2 Å². The highest BCUT2D eigenvalue weighted by Crippen LogP contribution is 2.28. The molecule has 0 aliphatic carbocycles. The van der Waals surface area contributed by atoms with E-state index in [1.807, 2.05) is 0 Å². The third-order valence-electron chi connectivity index (χ3n) is 3.67. The topological polar surface area (TPSA) is 21.3 Å². The van der Waals surface area contributed by atoms with Gasteiger partial charge in [0.15, 0.2) is 17.5 Å². The summed E-state index contributed by atoms with van der Waals surface area (Å²) in [5.41, 5.74) is 0.449. The summed E-state index contributed by atoms with van der Waals surface area (Å²) in [7, 11) is 1.74. The maximum atomic E-state index is 13.3. The fraction of sp³-hybridized carbons (Fsp3) is 0.571. The summed E-state index contributed by atoms with van der Waals surface area (Å²) < 4.78 is 44.7. The first-order valence-electron chi connectivity index (χ1n) is 6.51. The van der Waals surface area contributed by atoms with Crippen LogP contribution in [0.15, 0.2) is 12.1 Å². The second-order valence-corrected chi connectivity index (χ2v) is 4.93. The molecule has 2 rings (SSSR count). The molecule has 1 unspecified atom stereocenters. The van der Waals surface area contributed by atoms with Crippen molar-refractivity contribution in [3.8, 4) is 0 Å². The average Bonchev–Trinajstić information content (AvgIpc) is 2.42. The van der Waals surface area contributed by atoms with Crippen molar-refractivity contribution in [1.29, 1.82) is 0 Å². The van der Waals surface area contributed by atoms with Crippen LogP contribution in [-0.2, 0) is 4.74 Å². The summed E-state index contributed by atoms with van der Waals surface area (Å²) in [4.78, 5) is 0. The predicted octanol–water partition coefficient (Wildman–Crippen LogP) is 3.18. The van der Waals surface area contributed by atoms with Gasteiger partial charge in [-0.2, -0.15) is 0 Å². The summed E-state index contributed by atoms with van der Waals surface area (Å²) in [5.74, 6) is -3.23. The van der Waals surface area contributed by atoms with Gasteiger partial charge in [-0.05, 0) is 49.9 Å². The van der Waals surface area contributed by atoms with Crippen molar-refractivity contribution < 1.29 is 17.9 Å². The molecule has 106 valence electrons. The molecule has 1 aliphatic heterocycles. The van der Waals surface area contributed by atoms with E-state index < -0.39 is 17.5 Å². The van der Waals surface area contributed by atoms with Crippen LogP contribution in [0.4, 0.5) is 13.2 Å². The average molecular weight is 273 g/mol. The van der Waals surface area contributed by atoms with Crippen LogP contribution >= 0.6 is 0 Å². The lowest BCUT2D eigenvalue weighted by Gasteiger charge is -2.26. The monoisotopic (exact) mass is 273 g/mol. The smallest absolute Gasteiger partial charge is 0.194 e. The Balaban J connectivity index is 2.12. The molecule has 19 heavy (non-hydrogen) atoms. The number of rotatable bonds is 4. The molecule has 2 nitrogen and oxygen atoms in total. The zero-order valence-corrected chi connectivity index (χ0v) is 10.9. The molecular formula is C14H18F3NO. The summed E-state index contributed by atoms with van der Waals surface area (Å²) >= 11 is 0. The first kappa shape index (κ1) is 14.3. The van der Waals surface area contributed by atoms with Crippen LogP contribution in [0.5, 0.6) is 0 Å². The number of hydrogen-bond donors (Lipinski definition) is 1. The third-order valence-corrected chi connectivity index (χ3v) is 3.67. The van der Waals surface area contributed by atoms with E-state index in [4.69, 9.17) is 4.74 Å². The molecular weight excluding hydrogens is 255 g/mol. The lowest BCUT2D eigenvalue weighted by Crippen LogP contribution is -2.24. The summed E-state index contributed by atoms with van der Waals surface area (Å²) in [5, 5.41) is 3.04. The zero-order chi connectivity index (χ0) is 13.8. The van der Waals surface area contributed by atoms with Crippen molar-refractivity contribution in [1.82, 2.24) is 5.32 Å². The minimum absolute atomic E-state index is 0.173. The standard InChI is InChI=1S/C14H18F3NO/c1-18-13(6-9-2-4-19-5-3-9)10-7-11(15)14(17)12(16)8-10/h7-9,13,18H,2-6H2,1H3. The van der Waals surface area contributed by atoms with Crippen LogP contribution in [0.2, 0.25) is 0 Å². The van der Waals surface area contributed by atoms with Gasteiger partial charge in [0.05, 0.1) is 0 Å². The van der Waals surface area contributed by atoms with Crippen LogP contribution in [0.1, 0.15) is 30.9 Å². The van der Waals surface area contributed by atoms with Crippen molar-refractivity contribution in [3.05, 3.63) is 35.1 Å². The van der Waals surface area contributed by atoms with Gasteiger partial charge in [-0.25, -0.2) is 13.2 Å². The molecule has 0 aromatic heterocycles. The first-order chi connectivity index (χ1) is 9.11. The Morgan fingerprint density at radius 3 is 2.32 bits per heavy atom. The Labute approximate surface area is 111 Å². The Hall–Kier alpha value is -1.07. The Bertz CT molecular complexity index is 410. The van der Waals surface area contributed by atoms with Crippen molar-refractivity contribution in [2.24, 2.45) is 5.92 Å². The van der Waals surface area contributed by atoms with Gasteiger partial charge in [-0.15, -0.1) is 0 Å². The molecule has 1 N–H and O–H groups in total. The third kappa shape index (κ3) is 3.48. The van der Waals surface area contributed by atoms with Crippen LogP contribution in [0, 0.1) is 23.4 Å². The van der Waals surface area contributed by atoms with Gasteiger partial charge in [0.25, 0.3) is 0 Å². The predicted molar refractivity (Wildman–Crippen MR) is 66.3 cm³/mol. The molecule has 0 amide bonds. The van der Waals surface area contributed by atoms with Crippen molar-refractivity contribution in [3.63, 3.8) is 0 Å². The van der Waals surface area contributed by atoms with Gasteiger partial charge in [0.1, 0.15) is 0 Å². The number of ether oxygens (including phenoxy) is 1. The largest absolute Gasteiger partial charge is 0.381 e. The van der Waals surface area contributed by atoms with Gasteiger partial charge in [-0.1, -0.05) is 0 Å². The highest BCUT2D eigenvalue weighted by molar-refractivity contribution is 5.22. The van der Waals surface area contributed by atoms with E-state index in [1.165, 1.54) is 0 Å². The van der Waals surface area contributed by atoms with Crippen molar-refractivity contribution in [2.75, 3.05) is 20.3 Å². The van der Waals surface area contributed by atoms with Crippen LogP contribution in [0.3, 0.4) is 0 Å². The van der Waals surface area contributed by atoms with E-state index in [0.717, 1.165) is 44.6 Å². The fourth-order valence-corrected chi connectivity index (χ4v) is 2.51. The number of nitrogens with one attached hydrogen (secondary N) is 1. The first-order valence-corrected chi connectivity index (χ1v) is 6.51. The molecule has 5 heteroatoms. The molecule has 1 atom stereocenters. The Morgan fingerprint density at radius 2 is 1.79 bits per heavy atom. The number of benzene rings is 1. The van der Waals surface area contributed by atoms with Gasteiger partial charge in [-0.3, -0.25) is 0 Å². The lowest BCUT2D eigenvalue weighted by molar-refractivity contribution is 0.0607. The summed E-state index contributed by atoms with van der Waals surface area (Å²) in [6, 6.07) is 1.96. The highest BCUT2D eigenvalue weighted by Gasteiger charge is 2.21. The summed E-state index contributed by atoms with van der Waals surface area (Å²) in [6.45, 7) is 1.46. The number of halogens is 3. The van der Waals surface area contributed by atoms with Crippen molar-refractivity contribution in [2.45, 2.75) is 25.3 Å². The van der Waals surface area contributed by atoms with E-state index >= 15 is 0 Å². The van der Waals surface area contributed by atoms with Gasteiger partial charge in [0.2, 0.25) is 0 Å². The second-order valence-electron chi connectivity index (χ2n) is 4.93. The molecule has 0 radical (unpaired) electrons. The Kier molecular flexibility index (Phi) is 4.82. The van der Waals surface area contributed by atoms with E-state index in [-0.39, 0.29) is 6.04 Å². The van der Waals surface area contributed by atoms with Gasteiger partial charge in [0, 0.05) is 19.3 Å². The Morgan fingerprint density at radius 1 is 1.21 bits per heavy atom. The molecule has 1 aliphatic rings. The minimum Gasteiger partial charge on any atom is -0.381 e. The molecule has 0 saturated carbocycles. The van der Waals surface area contributed by atoms with Crippen LogP contribution < -0.4 is 5.32 Å². The van der Waals surface area contributed by atoms with E-state index in [2.05, 4.69) is 5.32 Å². The maximum Gasteiger partial charge on any atom is 0.194 e. The lowest BCUT2D eigenvalue weighted by atomic mass is 9.89. The molecule has 1 heterocycles. The number of hydrogen-bond acceptors (Lipinski definition) is 2. The molecule has 1 aromatic rings. The SMILES string of the molecule is CNC(CC1CCOCC1)c1cc(F)c(F)c(F)c1. The molecule has 0 spiro atoms. The second kappa shape index (κ2) is 6.39. The van der Waals surface area contributed by atoms with Crippen molar-refractivity contribution >= 4 is 0 Å². The zero-order valence-electron chi connectivity index (χ0n) is 10.9. The van der Waals surface area contributed by atoms with E-state index in [0.29, 0.717) is 11.5 Å². The van der Waals surface area contributed by atoms with Gasteiger partial charge < -0.3 is 10.1 Å². The molecule has 1 aromatic carbocycles. The minimum atomic E-state index is -1.41. The normalized spacial score (nSPS) is 18.5. The van der Waals surface area contributed by atoms with Crippen LogP contribution in [-0.4, -0.2) is 20.3 Å². The van der Waals surface area contributed by atoms with E-state index in [1.54, 1.807) is 7.05 Å². The molecule has 0 bridgehead atoms. The maximum absolute atomic E-state index is 13.3. The van der Waals surface area contributed by atoms with Gasteiger partial charge >= 0.3 is 0 Å². The molecule has 1 fully saturated rings. The summed E-state index contributed by atoms with van der Waals surface area (Å²) in [6.07, 6.45) is 2.67. The quantitative estimate of drug-likeness (QED) is 0.851. The molecule has 1 saturated heterocycles.